The van der Waals surface area contributed by atoms with Gasteiger partial charge < -0.3 is 4.90 Å². The number of carbonyl (C=O) groups is 1. The Labute approximate surface area is 135 Å². The zero-order chi connectivity index (χ0) is 16.8. The molecule has 1 heterocycles. The first-order chi connectivity index (χ1) is 10.8. The van der Waals surface area contributed by atoms with Gasteiger partial charge in [-0.25, -0.2) is 13.6 Å². The van der Waals surface area contributed by atoms with Crippen LogP contribution in [0.3, 0.4) is 0 Å². The monoisotopic (exact) mass is 330 g/mol. The van der Waals surface area contributed by atoms with Crippen LogP contribution in [-0.2, 0) is 16.4 Å². The standard InChI is InChI=1S/C17H18N2O3S/c1-11-7-14(10-15(8-11)23(18,21)22)17(20)19-12(2)9-13-5-3-4-6-16(13)19/h3-8,10,12H,9H2,1-2H3,(H2,18,21,22). The molecule has 2 aromatic carbocycles. The molecular formula is C17H18N2O3S. The zero-order valence-electron chi connectivity index (χ0n) is 13.0. The first-order valence-electron chi connectivity index (χ1n) is 7.33. The van der Waals surface area contributed by atoms with E-state index in [1.165, 1.54) is 12.1 Å². The molecule has 1 amide bonds. The van der Waals surface area contributed by atoms with Gasteiger partial charge in [0.05, 0.1) is 4.90 Å². The van der Waals surface area contributed by atoms with Gasteiger partial charge in [0.1, 0.15) is 0 Å². The number of para-hydroxylation sites is 1. The van der Waals surface area contributed by atoms with E-state index in [1.807, 2.05) is 31.2 Å². The lowest BCUT2D eigenvalue weighted by molar-refractivity contribution is 0.0981. The fourth-order valence-corrected chi connectivity index (χ4v) is 3.69. The van der Waals surface area contributed by atoms with Crippen molar-refractivity contribution in [1.29, 1.82) is 0 Å². The first-order valence-corrected chi connectivity index (χ1v) is 8.88. The zero-order valence-corrected chi connectivity index (χ0v) is 13.8. The van der Waals surface area contributed by atoms with E-state index in [4.69, 9.17) is 5.14 Å². The number of anilines is 1. The molecular weight excluding hydrogens is 312 g/mol. The summed E-state index contributed by atoms with van der Waals surface area (Å²) in [5, 5.41) is 5.20. The molecule has 0 bridgehead atoms. The fourth-order valence-electron chi connectivity index (χ4n) is 3.05. The van der Waals surface area contributed by atoms with Crippen LogP contribution >= 0.6 is 0 Å². The van der Waals surface area contributed by atoms with Crippen LogP contribution in [0, 0.1) is 6.92 Å². The molecule has 1 aliphatic rings. The van der Waals surface area contributed by atoms with E-state index in [0.29, 0.717) is 11.1 Å². The summed E-state index contributed by atoms with van der Waals surface area (Å²) < 4.78 is 23.2. The van der Waals surface area contributed by atoms with Gasteiger partial charge in [0, 0.05) is 17.3 Å². The lowest BCUT2D eigenvalue weighted by Gasteiger charge is -2.23. The average Bonchev–Trinajstić information content (AvgIpc) is 2.80. The Hall–Kier alpha value is -2.18. The summed E-state index contributed by atoms with van der Waals surface area (Å²) in [6.07, 6.45) is 0.787. The number of amides is 1. The minimum absolute atomic E-state index is 0.0262. The van der Waals surface area contributed by atoms with Gasteiger partial charge in [-0.3, -0.25) is 4.79 Å². The normalized spacial score (nSPS) is 17.2. The summed E-state index contributed by atoms with van der Waals surface area (Å²) in [6, 6.07) is 12.3. The van der Waals surface area contributed by atoms with Crippen molar-refractivity contribution in [3.8, 4) is 0 Å². The maximum absolute atomic E-state index is 12.9. The van der Waals surface area contributed by atoms with Gasteiger partial charge in [-0.15, -0.1) is 0 Å². The number of hydrogen-bond donors (Lipinski definition) is 1. The Kier molecular flexibility index (Phi) is 3.74. The highest BCUT2D eigenvalue weighted by molar-refractivity contribution is 7.89. The number of hydrogen-bond acceptors (Lipinski definition) is 3. The van der Waals surface area contributed by atoms with E-state index in [1.54, 1.807) is 17.9 Å². The summed E-state index contributed by atoms with van der Waals surface area (Å²) in [4.78, 5) is 14.6. The number of sulfonamides is 1. The molecule has 1 atom stereocenters. The fraction of sp³-hybridized carbons (Fsp3) is 0.235. The summed E-state index contributed by atoms with van der Waals surface area (Å²) in [7, 11) is -3.85. The Bertz CT molecular complexity index is 890. The topological polar surface area (TPSA) is 80.5 Å². The highest BCUT2D eigenvalue weighted by Gasteiger charge is 2.31. The van der Waals surface area contributed by atoms with E-state index < -0.39 is 10.0 Å². The maximum Gasteiger partial charge on any atom is 0.258 e. The van der Waals surface area contributed by atoms with Crippen molar-refractivity contribution in [3.05, 3.63) is 59.2 Å². The smallest absolute Gasteiger partial charge is 0.258 e. The van der Waals surface area contributed by atoms with Crippen molar-refractivity contribution in [2.75, 3.05) is 4.90 Å². The molecule has 3 rings (SSSR count). The predicted octanol–water partition coefficient (Wildman–Crippen LogP) is 2.23. The van der Waals surface area contributed by atoms with E-state index in [0.717, 1.165) is 17.7 Å². The minimum atomic E-state index is -3.85. The summed E-state index contributed by atoms with van der Waals surface area (Å²) in [6.45, 7) is 3.72. The Morgan fingerprint density at radius 2 is 1.91 bits per heavy atom. The number of aryl methyl sites for hydroxylation is 1. The number of rotatable bonds is 2. The van der Waals surface area contributed by atoms with Gasteiger partial charge in [-0.2, -0.15) is 0 Å². The van der Waals surface area contributed by atoms with Crippen LogP contribution in [0.4, 0.5) is 5.69 Å². The molecule has 6 heteroatoms. The van der Waals surface area contributed by atoms with Gasteiger partial charge in [0.2, 0.25) is 10.0 Å². The molecule has 0 aliphatic carbocycles. The van der Waals surface area contributed by atoms with Crippen LogP contribution in [-0.4, -0.2) is 20.4 Å². The van der Waals surface area contributed by atoms with Crippen molar-refractivity contribution in [2.24, 2.45) is 5.14 Å². The van der Waals surface area contributed by atoms with Crippen LogP contribution in [0.1, 0.15) is 28.4 Å². The third kappa shape index (κ3) is 2.87. The Morgan fingerprint density at radius 3 is 2.61 bits per heavy atom. The van der Waals surface area contributed by atoms with Crippen LogP contribution < -0.4 is 10.0 Å². The molecule has 2 N–H and O–H groups in total. The van der Waals surface area contributed by atoms with Gasteiger partial charge in [-0.05, 0) is 55.7 Å². The number of nitrogens with two attached hydrogens (primary N) is 1. The third-order valence-electron chi connectivity index (χ3n) is 4.05. The van der Waals surface area contributed by atoms with Crippen LogP contribution in [0.15, 0.2) is 47.4 Å². The summed E-state index contributed by atoms with van der Waals surface area (Å²) in [5.74, 6) is -0.212. The molecule has 0 aromatic heterocycles. The van der Waals surface area contributed by atoms with Crippen LogP contribution in [0.25, 0.3) is 0 Å². The molecule has 1 unspecified atom stereocenters. The number of primary sulfonamides is 1. The number of nitrogens with zero attached hydrogens (tertiary/aromatic N) is 1. The highest BCUT2D eigenvalue weighted by Crippen LogP contribution is 2.33. The third-order valence-corrected chi connectivity index (χ3v) is 4.95. The highest BCUT2D eigenvalue weighted by atomic mass is 32.2. The van der Waals surface area contributed by atoms with Gasteiger partial charge in [0.25, 0.3) is 5.91 Å². The second-order valence-corrected chi connectivity index (χ2v) is 7.50. The molecule has 0 saturated carbocycles. The summed E-state index contributed by atoms with van der Waals surface area (Å²) in [5.41, 5.74) is 3.01. The quantitative estimate of drug-likeness (QED) is 0.917. The Morgan fingerprint density at radius 1 is 1.22 bits per heavy atom. The summed E-state index contributed by atoms with van der Waals surface area (Å²) >= 11 is 0. The van der Waals surface area contributed by atoms with Crippen molar-refractivity contribution in [3.63, 3.8) is 0 Å². The molecule has 1 aliphatic heterocycles. The lowest BCUT2D eigenvalue weighted by atomic mass is 10.1. The second-order valence-electron chi connectivity index (χ2n) is 5.94. The van der Waals surface area contributed by atoms with Crippen molar-refractivity contribution in [2.45, 2.75) is 31.2 Å². The number of carbonyl (C=O) groups excluding carboxylic acids is 1. The predicted molar refractivity (Wildman–Crippen MR) is 89.0 cm³/mol. The Balaban J connectivity index is 2.06. The molecule has 0 spiro atoms. The molecule has 0 fully saturated rings. The van der Waals surface area contributed by atoms with Crippen LogP contribution in [0.5, 0.6) is 0 Å². The van der Waals surface area contributed by atoms with Crippen LogP contribution in [0.2, 0.25) is 0 Å². The maximum atomic E-state index is 12.9. The van der Waals surface area contributed by atoms with E-state index in [9.17, 15) is 13.2 Å². The average molecular weight is 330 g/mol. The molecule has 23 heavy (non-hydrogen) atoms. The second kappa shape index (κ2) is 5.47. The molecule has 120 valence electrons. The first kappa shape index (κ1) is 15.7. The molecule has 5 nitrogen and oxygen atoms in total. The van der Waals surface area contributed by atoms with E-state index in [-0.39, 0.29) is 16.8 Å². The largest absolute Gasteiger partial charge is 0.305 e. The van der Waals surface area contributed by atoms with Gasteiger partial charge >= 0.3 is 0 Å². The number of fused-ring (bicyclic) bond motifs is 1. The lowest BCUT2D eigenvalue weighted by Crippen LogP contribution is -2.35. The van der Waals surface area contributed by atoms with Crippen molar-refractivity contribution in [1.82, 2.24) is 0 Å². The van der Waals surface area contributed by atoms with E-state index >= 15 is 0 Å². The van der Waals surface area contributed by atoms with Crippen molar-refractivity contribution < 1.29 is 13.2 Å². The van der Waals surface area contributed by atoms with Crippen molar-refractivity contribution >= 4 is 21.6 Å². The van der Waals surface area contributed by atoms with E-state index in [2.05, 4.69) is 0 Å². The van der Waals surface area contributed by atoms with Gasteiger partial charge in [-0.1, -0.05) is 18.2 Å². The molecule has 2 aromatic rings. The SMILES string of the molecule is Cc1cc(C(=O)N2c3ccccc3CC2C)cc(S(N)(=O)=O)c1. The molecule has 0 saturated heterocycles. The number of benzene rings is 2. The van der Waals surface area contributed by atoms with Gasteiger partial charge in [0.15, 0.2) is 0 Å². The molecule has 0 radical (unpaired) electrons. The minimum Gasteiger partial charge on any atom is -0.305 e.